The van der Waals surface area contributed by atoms with E-state index in [1.54, 1.807) is 12.3 Å². The van der Waals surface area contributed by atoms with Crippen molar-refractivity contribution in [3.05, 3.63) is 73.7 Å². The molecule has 3 aromatic rings. The summed E-state index contributed by atoms with van der Waals surface area (Å²) in [6, 6.07) is 13.0. The van der Waals surface area contributed by atoms with Crippen LogP contribution in [0.2, 0.25) is 5.02 Å². The third kappa shape index (κ3) is 3.99. The highest BCUT2D eigenvalue weighted by Gasteiger charge is 2.22. The quantitative estimate of drug-likeness (QED) is 0.483. The molecule has 1 saturated carbocycles. The van der Waals surface area contributed by atoms with Crippen LogP contribution in [0, 0.1) is 0 Å². The summed E-state index contributed by atoms with van der Waals surface area (Å²) in [5.74, 6) is 1.02. The van der Waals surface area contributed by atoms with Crippen LogP contribution in [0.3, 0.4) is 0 Å². The first-order valence-electron chi connectivity index (χ1n) is 9.14. The Bertz CT molecular complexity index is 1070. The molecule has 2 aromatic carbocycles. The Morgan fingerprint density at radius 2 is 1.96 bits per heavy atom. The van der Waals surface area contributed by atoms with Gasteiger partial charge in [0.15, 0.2) is 0 Å². The zero-order chi connectivity index (χ0) is 18.8. The molecule has 0 unspecified atom stereocenters. The van der Waals surface area contributed by atoms with E-state index in [9.17, 15) is 4.79 Å². The van der Waals surface area contributed by atoms with Gasteiger partial charge in [-0.25, -0.2) is 4.98 Å². The lowest BCUT2D eigenvalue weighted by atomic mass is 9.88. The van der Waals surface area contributed by atoms with Crippen molar-refractivity contribution in [2.24, 2.45) is 5.10 Å². The van der Waals surface area contributed by atoms with E-state index in [1.165, 1.54) is 11.1 Å². The molecular weight excluding hydrogens is 426 g/mol. The highest BCUT2D eigenvalue weighted by molar-refractivity contribution is 9.10. The molecule has 138 valence electrons. The lowest BCUT2D eigenvalue weighted by molar-refractivity contribution is 0.416. The van der Waals surface area contributed by atoms with Gasteiger partial charge in [0.1, 0.15) is 5.82 Å². The summed E-state index contributed by atoms with van der Waals surface area (Å²) in [7, 11) is 0. The van der Waals surface area contributed by atoms with Crippen molar-refractivity contribution in [3.8, 4) is 0 Å². The summed E-state index contributed by atoms with van der Waals surface area (Å²) in [4.78, 5) is 18.0. The third-order valence-electron chi connectivity index (χ3n) is 4.97. The van der Waals surface area contributed by atoms with Gasteiger partial charge >= 0.3 is 0 Å². The monoisotopic (exact) mass is 443 g/mol. The third-order valence-corrected chi connectivity index (χ3v) is 5.70. The Morgan fingerprint density at radius 1 is 1.15 bits per heavy atom. The van der Waals surface area contributed by atoms with Gasteiger partial charge in [-0.3, -0.25) is 4.79 Å². The molecule has 27 heavy (non-hydrogen) atoms. The molecule has 1 aliphatic carbocycles. The maximum absolute atomic E-state index is 13.2. The summed E-state index contributed by atoms with van der Waals surface area (Å²) in [6.07, 6.45) is 7.33. The van der Waals surface area contributed by atoms with Crippen molar-refractivity contribution in [2.75, 3.05) is 0 Å². The fourth-order valence-corrected chi connectivity index (χ4v) is 4.17. The molecule has 0 spiro atoms. The van der Waals surface area contributed by atoms with E-state index >= 15 is 0 Å². The summed E-state index contributed by atoms with van der Waals surface area (Å²) < 4.78 is 2.33. The second-order valence-electron chi connectivity index (χ2n) is 6.88. The van der Waals surface area contributed by atoms with E-state index in [4.69, 9.17) is 16.6 Å². The molecule has 0 bridgehead atoms. The van der Waals surface area contributed by atoms with Crippen LogP contribution in [0.25, 0.3) is 10.9 Å². The van der Waals surface area contributed by atoms with Crippen molar-refractivity contribution in [2.45, 2.75) is 38.0 Å². The Labute approximate surface area is 171 Å². The van der Waals surface area contributed by atoms with Gasteiger partial charge in [0.05, 0.1) is 17.1 Å². The molecule has 6 heteroatoms. The smallest absolute Gasteiger partial charge is 0.267 e. The van der Waals surface area contributed by atoms with Gasteiger partial charge < -0.3 is 0 Å². The second-order valence-corrected chi connectivity index (χ2v) is 8.24. The van der Waals surface area contributed by atoms with Gasteiger partial charge in [-0.1, -0.05) is 58.9 Å². The fourth-order valence-electron chi connectivity index (χ4n) is 3.61. The molecule has 0 amide bonds. The number of hydrogen-bond donors (Lipinski definition) is 0. The van der Waals surface area contributed by atoms with Crippen molar-refractivity contribution in [3.63, 3.8) is 0 Å². The first-order chi connectivity index (χ1) is 13.1. The van der Waals surface area contributed by atoms with E-state index in [0.717, 1.165) is 47.1 Å². The summed E-state index contributed by atoms with van der Waals surface area (Å²) >= 11 is 9.50. The summed E-state index contributed by atoms with van der Waals surface area (Å²) in [5, 5.41) is 5.72. The molecule has 1 aliphatic rings. The van der Waals surface area contributed by atoms with Crippen molar-refractivity contribution in [1.82, 2.24) is 9.66 Å². The Morgan fingerprint density at radius 3 is 2.74 bits per heavy atom. The van der Waals surface area contributed by atoms with Crippen LogP contribution in [0.4, 0.5) is 0 Å². The van der Waals surface area contributed by atoms with Gasteiger partial charge in [0.2, 0.25) is 0 Å². The normalized spacial score (nSPS) is 15.6. The van der Waals surface area contributed by atoms with Gasteiger partial charge in [-0.15, -0.1) is 0 Å². The number of benzene rings is 2. The number of hydrogen-bond acceptors (Lipinski definition) is 3. The minimum atomic E-state index is -0.139. The molecule has 4 rings (SSSR count). The minimum Gasteiger partial charge on any atom is -0.267 e. The van der Waals surface area contributed by atoms with Crippen LogP contribution in [-0.2, 0) is 0 Å². The van der Waals surface area contributed by atoms with E-state index < -0.39 is 0 Å². The molecule has 1 fully saturated rings. The molecule has 0 N–H and O–H groups in total. The lowest BCUT2D eigenvalue weighted by Crippen LogP contribution is -2.25. The van der Waals surface area contributed by atoms with Gasteiger partial charge in [-0.05, 0) is 48.7 Å². The Balaban J connectivity index is 1.87. The Hall–Kier alpha value is -1.98. The average molecular weight is 445 g/mol. The van der Waals surface area contributed by atoms with E-state index in [1.807, 2.05) is 36.4 Å². The van der Waals surface area contributed by atoms with E-state index in [-0.39, 0.29) is 11.5 Å². The fraction of sp³-hybridized carbons (Fsp3) is 0.286. The SMILES string of the molecule is O=c1c2cc(Br)ccc2nc(C2CCCCC2)n1N=Cc1cccc(Cl)c1. The number of halogens is 2. The van der Waals surface area contributed by atoms with Crippen LogP contribution >= 0.6 is 27.5 Å². The van der Waals surface area contributed by atoms with Crippen molar-refractivity contribution >= 4 is 44.6 Å². The standard InChI is InChI=1S/C21H19BrClN3O/c22-16-9-10-19-18(12-16)21(27)26(20(25-19)15-6-2-1-3-7-15)24-13-14-5-4-8-17(23)11-14/h4-5,8-13,15H,1-3,6-7H2. The molecular formula is C21H19BrClN3O. The molecule has 4 nitrogen and oxygen atoms in total. The topological polar surface area (TPSA) is 47.2 Å². The molecule has 0 saturated heterocycles. The van der Waals surface area contributed by atoms with E-state index in [0.29, 0.717) is 10.4 Å². The first kappa shape index (κ1) is 18.4. The predicted molar refractivity (Wildman–Crippen MR) is 114 cm³/mol. The molecule has 0 atom stereocenters. The lowest BCUT2D eigenvalue weighted by Gasteiger charge is -2.22. The number of nitrogens with zero attached hydrogens (tertiary/aromatic N) is 3. The van der Waals surface area contributed by atoms with Gasteiger partial charge in [0, 0.05) is 15.4 Å². The molecule has 0 radical (unpaired) electrons. The van der Waals surface area contributed by atoms with Crippen LogP contribution in [0.1, 0.15) is 49.4 Å². The summed E-state index contributed by atoms with van der Waals surface area (Å²) in [6.45, 7) is 0. The van der Waals surface area contributed by atoms with Gasteiger partial charge in [0.25, 0.3) is 5.56 Å². The van der Waals surface area contributed by atoms with Crippen LogP contribution in [-0.4, -0.2) is 15.9 Å². The average Bonchev–Trinajstić information content (AvgIpc) is 2.68. The molecule has 0 aliphatic heterocycles. The number of fused-ring (bicyclic) bond motifs is 1. The highest BCUT2D eigenvalue weighted by Crippen LogP contribution is 2.32. The maximum atomic E-state index is 13.2. The van der Waals surface area contributed by atoms with Crippen LogP contribution < -0.4 is 5.56 Å². The number of rotatable bonds is 3. The largest absolute Gasteiger partial charge is 0.282 e. The Kier molecular flexibility index (Phi) is 5.41. The number of aromatic nitrogens is 2. The van der Waals surface area contributed by atoms with Gasteiger partial charge in [-0.2, -0.15) is 9.78 Å². The van der Waals surface area contributed by atoms with Crippen molar-refractivity contribution < 1.29 is 0 Å². The first-order valence-corrected chi connectivity index (χ1v) is 10.3. The second kappa shape index (κ2) is 7.95. The van der Waals surface area contributed by atoms with E-state index in [2.05, 4.69) is 21.0 Å². The van der Waals surface area contributed by atoms with Crippen LogP contribution in [0.5, 0.6) is 0 Å². The molecule has 1 aromatic heterocycles. The predicted octanol–water partition coefficient (Wildman–Crippen LogP) is 5.74. The van der Waals surface area contributed by atoms with Crippen LogP contribution in [0.15, 0.2) is 56.8 Å². The maximum Gasteiger partial charge on any atom is 0.282 e. The highest BCUT2D eigenvalue weighted by atomic mass is 79.9. The summed E-state index contributed by atoms with van der Waals surface area (Å²) in [5.41, 5.74) is 1.43. The van der Waals surface area contributed by atoms with Crippen molar-refractivity contribution in [1.29, 1.82) is 0 Å². The zero-order valence-electron chi connectivity index (χ0n) is 14.7. The molecule has 1 heterocycles. The zero-order valence-corrected chi connectivity index (χ0v) is 17.1. The minimum absolute atomic E-state index is 0.139.